The summed E-state index contributed by atoms with van der Waals surface area (Å²) in [5.41, 5.74) is 2.18. The zero-order valence-corrected chi connectivity index (χ0v) is 20.0. The lowest BCUT2D eigenvalue weighted by Crippen LogP contribution is -2.43. The summed E-state index contributed by atoms with van der Waals surface area (Å²) in [5.74, 6) is 0.976. The van der Waals surface area contributed by atoms with Crippen molar-refractivity contribution in [2.75, 3.05) is 18.5 Å². The highest BCUT2D eigenvalue weighted by atomic mass is 35.5. The second kappa shape index (κ2) is 9.31. The van der Waals surface area contributed by atoms with E-state index < -0.39 is 6.04 Å². The highest BCUT2D eigenvalue weighted by Gasteiger charge is 2.38. The average molecular weight is 501 g/mol. The molecule has 1 N–H and O–H groups in total. The summed E-state index contributed by atoms with van der Waals surface area (Å²) in [4.78, 5) is 15.8. The number of benzene rings is 2. The standard InChI is InChI=1S/C25H23Cl2FN4O2/c1-15-23(24(32-22(30-15)10-11-29-32)16-4-9-20(26)21(27)13-16)25(33)31-12-2-3-18(31)14-34-19-7-5-17(28)6-8-19/h4-11,13,18,24,30H,2-3,12,14H2,1H3/t18-,24?/m0/s1. The minimum Gasteiger partial charge on any atom is -0.491 e. The van der Waals surface area contributed by atoms with Crippen LogP contribution in [0.4, 0.5) is 10.2 Å². The lowest BCUT2D eigenvalue weighted by Gasteiger charge is -2.33. The molecule has 0 radical (unpaired) electrons. The molecular formula is C25H23Cl2FN4O2. The number of nitrogens with zero attached hydrogens (tertiary/aromatic N) is 3. The van der Waals surface area contributed by atoms with Crippen LogP contribution in [0.15, 0.2) is 66.0 Å². The van der Waals surface area contributed by atoms with Crippen molar-refractivity contribution in [1.29, 1.82) is 0 Å². The zero-order valence-electron chi connectivity index (χ0n) is 18.5. The van der Waals surface area contributed by atoms with Crippen molar-refractivity contribution in [2.24, 2.45) is 0 Å². The van der Waals surface area contributed by atoms with Crippen LogP contribution in [0.1, 0.15) is 31.4 Å². The van der Waals surface area contributed by atoms with Crippen molar-refractivity contribution >= 4 is 34.9 Å². The normalized spacial score (nSPS) is 19.7. The average Bonchev–Trinajstić information content (AvgIpc) is 3.48. The molecule has 176 valence electrons. The van der Waals surface area contributed by atoms with Gasteiger partial charge in [0.15, 0.2) is 0 Å². The number of rotatable bonds is 5. The van der Waals surface area contributed by atoms with Crippen LogP contribution in [0.25, 0.3) is 0 Å². The predicted octanol–water partition coefficient (Wildman–Crippen LogP) is 5.69. The van der Waals surface area contributed by atoms with Gasteiger partial charge in [0.1, 0.15) is 30.0 Å². The lowest BCUT2D eigenvalue weighted by atomic mass is 9.94. The maximum Gasteiger partial charge on any atom is 0.254 e. The summed E-state index contributed by atoms with van der Waals surface area (Å²) in [6.45, 7) is 2.86. The Bertz CT molecular complexity index is 1260. The fourth-order valence-electron chi connectivity index (χ4n) is 4.63. The largest absolute Gasteiger partial charge is 0.491 e. The minimum absolute atomic E-state index is 0.0765. The molecule has 0 bridgehead atoms. The summed E-state index contributed by atoms with van der Waals surface area (Å²) < 4.78 is 20.9. The highest BCUT2D eigenvalue weighted by molar-refractivity contribution is 6.42. The number of carbonyl (C=O) groups excluding carboxylic acids is 1. The van der Waals surface area contributed by atoms with Gasteiger partial charge in [-0.1, -0.05) is 29.3 Å². The van der Waals surface area contributed by atoms with E-state index in [4.69, 9.17) is 27.9 Å². The van der Waals surface area contributed by atoms with Crippen molar-refractivity contribution < 1.29 is 13.9 Å². The Morgan fingerprint density at radius 1 is 1.18 bits per heavy atom. The van der Waals surface area contributed by atoms with Crippen molar-refractivity contribution in [3.05, 3.63) is 87.4 Å². The minimum atomic E-state index is -0.451. The summed E-state index contributed by atoms with van der Waals surface area (Å²) in [7, 11) is 0. The van der Waals surface area contributed by atoms with E-state index in [1.807, 2.05) is 24.0 Å². The molecule has 1 fully saturated rings. The van der Waals surface area contributed by atoms with E-state index in [9.17, 15) is 9.18 Å². The molecule has 3 heterocycles. The van der Waals surface area contributed by atoms with E-state index in [2.05, 4.69) is 10.4 Å². The van der Waals surface area contributed by atoms with Crippen LogP contribution in [0, 0.1) is 5.82 Å². The van der Waals surface area contributed by atoms with E-state index >= 15 is 0 Å². The molecule has 0 aliphatic carbocycles. The first kappa shape index (κ1) is 22.7. The van der Waals surface area contributed by atoms with Crippen molar-refractivity contribution in [1.82, 2.24) is 14.7 Å². The molecule has 1 amide bonds. The van der Waals surface area contributed by atoms with E-state index in [-0.39, 0.29) is 17.8 Å². The van der Waals surface area contributed by atoms with Gasteiger partial charge in [-0.2, -0.15) is 5.10 Å². The number of carbonyl (C=O) groups is 1. The molecule has 2 aromatic carbocycles. The van der Waals surface area contributed by atoms with Gasteiger partial charge in [-0.3, -0.25) is 4.79 Å². The Hall–Kier alpha value is -3.03. The number of halogens is 3. The fraction of sp³-hybridized carbons (Fsp3) is 0.280. The summed E-state index contributed by atoms with van der Waals surface area (Å²) in [6.07, 6.45) is 3.41. The van der Waals surface area contributed by atoms with Gasteiger partial charge in [0.25, 0.3) is 5.91 Å². The molecule has 0 spiro atoms. The molecule has 2 atom stereocenters. The number of hydrogen-bond donors (Lipinski definition) is 1. The first-order valence-corrected chi connectivity index (χ1v) is 11.8. The molecule has 3 aromatic rings. The molecule has 34 heavy (non-hydrogen) atoms. The van der Waals surface area contributed by atoms with Crippen LogP contribution in [-0.2, 0) is 4.79 Å². The Kier molecular flexibility index (Phi) is 6.23. The van der Waals surface area contributed by atoms with Gasteiger partial charge in [0.2, 0.25) is 0 Å². The summed E-state index contributed by atoms with van der Waals surface area (Å²) in [5, 5.41) is 8.65. The number of hydrogen-bond acceptors (Lipinski definition) is 4. The SMILES string of the molecule is CC1=C(C(=O)N2CCC[C@H]2COc2ccc(F)cc2)C(c2ccc(Cl)c(Cl)c2)n2nccc2N1. The van der Waals surface area contributed by atoms with Crippen LogP contribution >= 0.6 is 23.2 Å². The first-order chi connectivity index (χ1) is 16.4. The lowest BCUT2D eigenvalue weighted by molar-refractivity contribution is -0.129. The number of likely N-dealkylation sites (tertiary alicyclic amines) is 1. The van der Waals surface area contributed by atoms with Crippen molar-refractivity contribution in [2.45, 2.75) is 31.8 Å². The van der Waals surface area contributed by atoms with E-state index in [1.54, 1.807) is 35.1 Å². The zero-order chi connectivity index (χ0) is 23.8. The Morgan fingerprint density at radius 2 is 1.97 bits per heavy atom. The smallest absolute Gasteiger partial charge is 0.254 e. The Labute approximate surface area is 206 Å². The van der Waals surface area contributed by atoms with Crippen LogP contribution in [0.5, 0.6) is 5.75 Å². The summed E-state index contributed by atoms with van der Waals surface area (Å²) >= 11 is 12.5. The van der Waals surface area contributed by atoms with Gasteiger partial charge in [0, 0.05) is 18.3 Å². The van der Waals surface area contributed by atoms with Gasteiger partial charge in [-0.05, 0) is 61.7 Å². The number of aromatic nitrogens is 2. The molecule has 6 nitrogen and oxygen atoms in total. The second-order valence-corrected chi connectivity index (χ2v) is 9.27. The van der Waals surface area contributed by atoms with Crippen molar-refractivity contribution in [3.8, 4) is 5.75 Å². The second-order valence-electron chi connectivity index (χ2n) is 8.46. The first-order valence-electron chi connectivity index (χ1n) is 11.1. The van der Waals surface area contributed by atoms with Gasteiger partial charge in [-0.15, -0.1) is 0 Å². The van der Waals surface area contributed by atoms with Crippen LogP contribution in [-0.4, -0.2) is 39.8 Å². The third kappa shape index (κ3) is 4.26. The number of nitrogens with one attached hydrogen (secondary N) is 1. The highest BCUT2D eigenvalue weighted by Crippen LogP contribution is 2.39. The van der Waals surface area contributed by atoms with E-state index in [0.717, 1.165) is 29.9 Å². The molecular weight excluding hydrogens is 478 g/mol. The Morgan fingerprint density at radius 3 is 2.74 bits per heavy atom. The van der Waals surface area contributed by atoms with Gasteiger partial charge in [0.05, 0.1) is 27.9 Å². The molecule has 2 aliphatic rings. The molecule has 9 heteroatoms. The van der Waals surface area contributed by atoms with Gasteiger partial charge in [-0.25, -0.2) is 9.07 Å². The molecule has 2 aliphatic heterocycles. The monoisotopic (exact) mass is 500 g/mol. The molecule has 0 saturated carbocycles. The van der Waals surface area contributed by atoms with Crippen LogP contribution < -0.4 is 10.1 Å². The Balaban J connectivity index is 1.44. The van der Waals surface area contributed by atoms with Gasteiger partial charge < -0.3 is 15.0 Å². The van der Waals surface area contributed by atoms with E-state index in [0.29, 0.717) is 34.5 Å². The predicted molar refractivity (Wildman–Crippen MR) is 130 cm³/mol. The maximum absolute atomic E-state index is 14.0. The fourth-order valence-corrected chi connectivity index (χ4v) is 4.93. The quantitative estimate of drug-likeness (QED) is 0.488. The maximum atomic E-state index is 14.0. The number of ether oxygens (including phenoxy) is 1. The third-order valence-electron chi connectivity index (χ3n) is 6.29. The number of allylic oxidation sites excluding steroid dienone is 1. The third-order valence-corrected chi connectivity index (χ3v) is 7.03. The van der Waals surface area contributed by atoms with Crippen LogP contribution in [0.2, 0.25) is 10.0 Å². The van der Waals surface area contributed by atoms with Crippen molar-refractivity contribution in [3.63, 3.8) is 0 Å². The molecule has 1 saturated heterocycles. The van der Waals surface area contributed by atoms with Gasteiger partial charge >= 0.3 is 0 Å². The molecule has 5 rings (SSSR count). The van der Waals surface area contributed by atoms with E-state index in [1.165, 1.54) is 12.1 Å². The van der Waals surface area contributed by atoms with Crippen LogP contribution in [0.3, 0.4) is 0 Å². The molecule has 1 unspecified atom stereocenters. The molecule has 1 aromatic heterocycles. The number of amides is 1. The topological polar surface area (TPSA) is 59.4 Å². The number of fused-ring (bicyclic) bond motifs is 1. The summed E-state index contributed by atoms with van der Waals surface area (Å²) in [6, 6.07) is 12.6. The number of anilines is 1.